The third-order valence-corrected chi connectivity index (χ3v) is 7.97. The van der Waals surface area contributed by atoms with Gasteiger partial charge in [0.25, 0.3) is 0 Å². The minimum atomic E-state index is 0.457. The van der Waals surface area contributed by atoms with Crippen LogP contribution in [-0.2, 0) is 30.5 Å². The molecule has 3 aliphatic carbocycles. The SMILES string of the molecule is CCCC(=O)CC1Cc2cc(-c3cnc4c(c3)CCCC4)cc(C3CCCCC3)c2C1. The average molecular weight is 416 g/mol. The van der Waals surface area contributed by atoms with E-state index in [0.29, 0.717) is 17.6 Å². The minimum Gasteiger partial charge on any atom is -0.300 e. The zero-order valence-electron chi connectivity index (χ0n) is 19.2. The number of aryl methyl sites for hydroxylation is 2. The lowest BCUT2D eigenvalue weighted by molar-refractivity contribution is -0.119. The fraction of sp³-hybridized carbons (Fsp3) is 0.586. The molecule has 1 saturated carbocycles. The molecule has 5 rings (SSSR count). The van der Waals surface area contributed by atoms with E-state index in [4.69, 9.17) is 4.98 Å². The standard InChI is InChI=1S/C29H37NO/c1-2-8-26(31)14-20-13-24-17-23(25-16-22-11-6-7-12-29(22)30-19-25)18-28(27(24)15-20)21-9-4-3-5-10-21/h16-21H,2-15H2,1H3. The van der Waals surface area contributed by atoms with Crippen molar-refractivity contribution in [3.63, 3.8) is 0 Å². The summed E-state index contributed by atoms with van der Waals surface area (Å²) in [4.78, 5) is 17.2. The predicted octanol–water partition coefficient (Wildman–Crippen LogP) is 7.15. The van der Waals surface area contributed by atoms with Crippen LogP contribution >= 0.6 is 0 Å². The molecule has 0 aliphatic heterocycles. The van der Waals surface area contributed by atoms with Gasteiger partial charge in [-0.1, -0.05) is 38.3 Å². The molecule has 0 amide bonds. The van der Waals surface area contributed by atoms with E-state index in [9.17, 15) is 4.79 Å². The normalized spacial score (nSPS) is 21.0. The second-order valence-electron chi connectivity index (χ2n) is 10.3. The summed E-state index contributed by atoms with van der Waals surface area (Å²) in [5, 5.41) is 0. The van der Waals surface area contributed by atoms with Crippen molar-refractivity contribution in [2.45, 2.75) is 103 Å². The van der Waals surface area contributed by atoms with Gasteiger partial charge in [-0.05, 0) is 104 Å². The average Bonchev–Trinajstić information content (AvgIpc) is 3.21. The number of pyridine rings is 1. The fourth-order valence-electron chi connectivity index (χ4n) is 6.40. The van der Waals surface area contributed by atoms with E-state index in [0.717, 1.165) is 38.5 Å². The Morgan fingerprint density at radius 1 is 0.935 bits per heavy atom. The summed E-state index contributed by atoms with van der Waals surface area (Å²) in [5.74, 6) is 1.67. The van der Waals surface area contributed by atoms with Crippen molar-refractivity contribution < 1.29 is 4.79 Å². The van der Waals surface area contributed by atoms with E-state index < -0.39 is 0 Å². The lowest BCUT2D eigenvalue weighted by Gasteiger charge is -2.25. The molecule has 1 atom stereocenters. The number of aromatic nitrogens is 1. The number of rotatable bonds is 6. The molecule has 1 heterocycles. The second-order valence-corrected chi connectivity index (χ2v) is 10.3. The third kappa shape index (κ3) is 4.49. The second kappa shape index (κ2) is 9.27. The van der Waals surface area contributed by atoms with E-state index in [-0.39, 0.29) is 0 Å². The molecular weight excluding hydrogens is 378 g/mol. The van der Waals surface area contributed by atoms with Gasteiger partial charge in [0.2, 0.25) is 0 Å². The molecule has 1 fully saturated rings. The first kappa shape index (κ1) is 20.9. The van der Waals surface area contributed by atoms with Gasteiger partial charge in [0.1, 0.15) is 5.78 Å². The topological polar surface area (TPSA) is 30.0 Å². The Kier molecular flexibility index (Phi) is 6.25. The van der Waals surface area contributed by atoms with E-state index in [1.165, 1.54) is 79.3 Å². The van der Waals surface area contributed by atoms with Crippen LogP contribution < -0.4 is 0 Å². The Morgan fingerprint density at radius 3 is 2.58 bits per heavy atom. The van der Waals surface area contributed by atoms with Gasteiger partial charge in [0.05, 0.1) is 0 Å². The summed E-state index contributed by atoms with van der Waals surface area (Å²) in [6.07, 6.45) is 18.5. The van der Waals surface area contributed by atoms with Gasteiger partial charge in [-0.25, -0.2) is 0 Å². The maximum absolute atomic E-state index is 12.4. The lowest BCUT2D eigenvalue weighted by Crippen LogP contribution is -2.10. The van der Waals surface area contributed by atoms with Gasteiger partial charge < -0.3 is 0 Å². The highest BCUT2D eigenvalue weighted by Gasteiger charge is 2.29. The van der Waals surface area contributed by atoms with Crippen LogP contribution in [0.3, 0.4) is 0 Å². The Hall–Kier alpha value is -1.96. The van der Waals surface area contributed by atoms with E-state index in [1.807, 2.05) is 0 Å². The van der Waals surface area contributed by atoms with Crippen LogP contribution in [0.1, 0.15) is 105 Å². The van der Waals surface area contributed by atoms with Crippen LogP contribution in [0.25, 0.3) is 11.1 Å². The van der Waals surface area contributed by atoms with Crippen LogP contribution in [0.4, 0.5) is 0 Å². The first-order chi connectivity index (χ1) is 15.2. The molecule has 1 aromatic carbocycles. The summed E-state index contributed by atoms with van der Waals surface area (Å²) in [5.41, 5.74) is 10.2. The number of carbonyl (C=O) groups is 1. The molecule has 2 nitrogen and oxygen atoms in total. The highest BCUT2D eigenvalue weighted by Crippen LogP contribution is 2.42. The Labute approximate surface area is 187 Å². The van der Waals surface area contributed by atoms with Crippen LogP contribution in [-0.4, -0.2) is 10.8 Å². The molecule has 0 N–H and O–H groups in total. The Morgan fingerprint density at radius 2 is 1.74 bits per heavy atom. The number of nitrogens with zero attached hydrogens (tertiary/aromatic N) is 1. The lowest BCUT2D eigenvalue weighted by atomic mass is 9.80. The molecule has 0 spiro atoms. The van der Waals surface area contributed by atoms with Gasteiger partial charge in [-0.15, -0.1) is 0 Å². The molecule has 3 aliphatic rings. The highest BCUT2D eigenvalue weighted by atomic mass is 16.1. The van der Waals surface area contributed by atoms with Gasteiger partial charge in [-0.3, -0.25) is 9.78 Å². The quantitative estimate of drug-likeness (QED) is 0.501. The molecule has 164 valence electrons. The van der Waals surface area contributed by atoms with Crippen LogP contribution in [0.15, 0.2) is 24.4 Å². The first-order valence-electron chi connectivity index (χ1n) is 12.9. The van der Waals surface area contributed by atoms with Gasteiger partial charge in [0.15, 0.2) is 0 Å². The van der Waals surface area contributed by atoms with Crippen LogP contribution in [0.5, 0.6) is 0 Å². The summed E-state index contributed by atoms with van der Waals surface area (Å²) in [6.45, 7) is 2.11. The Bertz CT molecular complexity index is 953. The molecule has 0 bridgehead atoms. The van der Waals surface area contributed by atoms with Crippen LogP contribution in [0.2, 0.25) is 0 Å². The number of ketones is 1. The van der Waals surface area contributed by atoms with E-state index in [2.05, 4.69) is 31.3 Å². The van der Waals surface area contributed by atoms with E-state index in [1.54, 1.807) is 11.1 Å². The smallest absolute Gasteiger partial charge is 0.133 e. The third-order valence-electron chi connectivity index (χ3n) is 7.97. The van der Waals surface area contributed by atoms with E-state index >= 15 is 0 Å². The summed E-state index contributed by atoms with van der Waals surface area (Å²) in [7, 11) is 0. The number of Topliss-reactive ketones (excluding diaryl/α,β-unsaturated/α-hetero) is 1. The molecular formula is C29H37NO. The number of hydrogen-bond acceptors (Lipinski definition) is 2. The fourth-order valence-corrected chi connectivity index (χ4v) is 6.40. The molecule has 2 aromatic rings. The number of carbonyl (C=O) groups excluding carboxylic acids is 1. The van der Waals surface area contributed by atoms with Crippen molar-refractivity contribution in [1.29, 1.82) is 0 Å². The summed E-state index contributed by atoms with van der Waals surface area (Å²) in [6, 6.07) is 7.38. The number of hydrogen-bond donors (Lipinski definition) is 0. The van der Waals surface area contributed by atoms with Crippen molar-refractivity contribution >= 4 is 5.78 Å². The summed E-state index contributed by atoms with van der Waals surface area (Å²) < 4.78 is 0. The maximum atomic E-state index is 12.4. The minimum absolute atomic E-state index is 0.457. The summed E-state index contributed by atoms with van der Waals surface area (Å²) >= 11 is 0. The Balaban J connectivity index is 1.49. The van der Waals surface area contributed by atoms with Crippen molar-refractivity contribution in [3.8, 4) is 11.1 Å². The zero-order chi connectivity index (χ0) is 21.2. The van der Waals surface area contributed by atoms with Crippen molar-refractivity contribution in [2.24, 2.45) is 5.92 Å². The monoisotopic (exact) mass is 415 g/mol. The van der Waals surface area contributed by atoms with Gasteiger partial charge in [0, 0.05) is 30.3 Å². The predicted molar refractivity (Wildman–Crippen MR) is 128 cm³/mol. The van der Waals surface area contributed by atoms with Crippen molar-refractivity contribution in [1.82, 2.24) is 4.98 Å². The van der Waals surface area contributed by atoms with Crippen LogP contribution in [0, 0.1) is 5.92 Å². The molecule has 1 aromatic heterocycles. The molecule has 2 heteroatoms. The first-order valence-corrected chi connectivity index (χ1v) is 12.9. The highest BCUT2D eigenvalue weighted by molar-refractivity contribution is 5.79. The number of benzene rings is 1. The molecule has 1 unspecified atom stereocenters. The van der Waals surface area contributed by atoms with Crippen molar-refractivity contribution in [3.05, 3.63) is 52.3 Å². The molecule has 31 heavy (non-hydrogen) atoms. The van der Waals surface area contributed by atoms with Crippen molar-refractivity contribution in [2.75, 3.05) is 0 Å². The molecule has 0 radical (unpaired) electrons. The van der Waals surface area contributed by atoms with Gasteiger partial charge >= 0.3 is 0 Å². The largest absolute Gasteiger partial charge is 0.300 e. The molecule has 0 saturated heterocycles. The number of fused-ring (bicyclic) bond motifs is 2. The maximum Gasteiger partial charge on any atom is 0.133 e. The van der Waals surface area contributed by atoms with Gasteiger partial charge in [-0.2, -0.15) is 0 Å². The zero-order valence-corrected chi connectivity index (χ0v) is 19.2.